The van der Waals surface area contributed by atoms with Crippen molar-refractivity contribution in [2.75, 3.05) is 0 Å². The van der Waals surface area contributed by atoms with Crippen molar-refractivity contribution in [1.82, 2.24) is 0 Å². The van der Waals surface area contributed by atoms with Crippen molar-refractivity contribution in [2.45, 2.75) is 31.7 Å². The Balaban J connectivity index is 2.33. The minimum atomic E-state index is 0.176. The van der Waals surface area contributed by atoms with E-state index >= 15 is 0 Å². The van der Waals surface area contributed by atoms with Crippen LogP contribution in [0.1, 0.15) is 25.7 Å². The summed E-state index contributed by atoms with van der Waals surface area (Å²) >= 11 is 0. The van der Waals surface area contributed by atoms with Gasteiger partial charge in [0.05, 0.1) is 0 Å². The Kier molecular flexibility index (Phi) is 2.13. The third-order valence-corrected chi connectivity index (χ3v) is 2.68. The average Bonchev–Trinajstić information content (AvgIpc) is 2.29. The molecule has 0 spiro atoms. The molecule has 2 aliphatic carbocycles. The number of rotatable bonds is 0. The van der Waals surface area contributed by atoms with Crippen molar-refractivity contribution >= 4 is 0 Å². The fourth-order valence-electron chi connectivity index (χ4n) is 1.99. The van der Waals surface area contributed by atoms with Gasteiger partial charge in [0.25, 0.3) is 0 Å². The normalized spacial score (nSPS) is 28.6. The van der Waals surface area contributed by atoms with Crippen molar-refractivity contribution in [3.8, 4) is 0 Å². The summed E-state index contributed by atoms with van der Waals surface area (Å²) in [5, 5.41) is 0. The van der Waals surface area contributed by atoms with E-state index in [0.717, 1.165) is 0 Å². The first-order chi connectivity index (χ1) is 5.88. The van der Waals surface area contributed by atoms with E-state index in [1.165, 1.54) is 36.8 Å². The van der Waals surface area contributed by atoms with Gasteiger partial charge < -0.3 is 5.73 Å². The molecule has 0 fully saturated rings. The van der Waals surface area contributed by atoms with Gasteiger partial charge in [-0.15, -0.1) is 0 Å². The van der Waals surface area contributed by atoms with E-state index in [2.05, 4.69) is 24.3 Å². The molecule has 0 radical (unpaired) electrons. The largest absolute Gasteiger partial charge is 0.321 e. The number of nitrogens with two attached hydrogens (primary N) is 1. The number of allylic oxidation sites excluding steroid dienone is 4. The fraction of sp³-hybridized carbons (Fsp3) is 0.455. The average molecular weight is 161 g/mol. The molecule has 0 aliphatic heterocycles. The molecule has 2 rings (SSSR count). The van der Waals surface area contributed by atoms with Crippen molar-refractivity contribution in [3.05, 3.63) is 35.5 Å². The van der Waals surface area contributed by atoms with Crippen molar-refractivity contribution in [1.29, 1.82) is 0 Å². The highest BCUT2D eigenvalue weighted by Crippen LogP contribution is 2.28. The van der Waals surface area contributed by atoms with Gasteiger partial charge in [-0.1, -0.05) is 24.3 Å². The smallest absolute Gasteiger partial charge is 0.0449 e. The molecule has 1 atom stereocenters. The van der Waals surface area contributed by atoms with Crippen molar-refractivity contribution < 1.29 is 0 Å². The molecule has 0 aromatic rings. The molecule has 1 heteroatoms. The van der Waals surface area contributed by atoms with Gasteiger partial charge in [-0.05, 0) is 36.8 Å². The molecule has 1 unspecified atom stereocenters. The summed E-state index contributed by atoms with van der Waals surface area (Å²) in [4.78, 5) is 0. The van der Waals surface area contributed by atoms with Crippen LogP contribution in [-0.4, -0.2) is 6.04 Å². The minimum absolute atomic E-state index is 0.176. The first kappa shape index (κ1) is 7.81. The van der Waals surface area contributed by atoms with E-state index in [1.54, 1.807) is 0 Å². The summed E-state index contributed by atoms with van der Waals surface area (Å²) < 4.78 is 0. The summed E-state index contributed by atoms with van der Waals surface area (Å²) in [5.74, 6) is 0. The highest BCUT2D eigenvalue weighted by molar-refractivity contribution is 5.37. The standard InChI is InChI=1S/C11H15N/c12-11-8-4-2-6-9-5-1-3-7-10(9)11/h2,4,6,8,11H,1,3,5,7,12H2. The molecular formula is C11H15N. The minimum Gasteiger partial charge on any atom is -0.321 e. The molecule has 0 aromatic carbocycles. The number of hydrogen-bond donors (Lipinski definition) is 1. The third-order valence-electron chi connectivity index (χ3n) is 2.68. The Bertz CT molecular complexity index is 258. The zero-order chi connectivity index (χ0) is 8.39. The van der Waals surface area contributed by atoms with E-state index < -0.39 is 0 Å². The van der Waals surface area contributed by atoms with E-state index in [1.807, 2.05) is 0 Å². The lowest BCUT2D eigenvalue weighted by atomic mass is 9.88. The second kappa shape index (κ2) is 3.28. The zero-order valence-corrected chi connectivity index (χ0v) is 7.29. The molecule has 0 aromatic heterocycles. The summed E-state index contributed by atoms with van der Waals surface area (Å²) in [6.45, 7) is 0. The third kappa shape index (κ3) is 1.37. The van der Waals surface area contributed by atoms with Gasteiger partial charge in [-0.25, -0.2) is 0 Å². The fourth-order valence-corrected chi connectivity index (χ4v) is 1.99. The Morgan fingerprint density at radius 1 is 1.17 bits per heavy atom. The van der Waals surface area contributed by atoms with Gasteiger partial charge in [0.1, 0.15) is 0 Å². The van der Waals surface area contributed by atoms with Crippen LogP contribution < -0.4 is 5.73 Å². The van der Waals surface area contributed by atoms with Gasteiger partial charge in [-0.3, -0.25) is 0 Å². The molecule has 12 heavy (non-hydrogen) atoms. The lowest BCUT2D eigenvalue weighted by molar-refractivity contribution is 0.653. The molecule has 0 bridgehead atoms. The van der Waals surface area contributed by atoms with Crippen molar-refractivity contribution in [3.63, 3.8) is 0 Å². The van der Waals surface area contributed by atoms with Crippen LogP contribution >= 0.6 is 0 Å². The Morgan fingerprint density at radius 3 is 2.92 bits per heavy atom. The van der Waals surface area contributed by atoms with Crippen LogP contribution in [0, 0.1) is 0 Å². The van der Waals surface area contributed by atoms with E-state index in [0.29, 0.717) is 0 Å². The van der Waals surface area contributed by atoms with Gasteiger partial charge in [-0.2, -0.15) is 0 Å². The first-order valence-corrected chi connectivity index (χ1v) is 4.70. The number of hydrogen-bond acceptors (Lipinski definition) is 1. The maximum absolute atomic E-state index is 6.00. The molecule has 0 saturated carbocycles. The lowest BCUT2D eigenvalue weighted by Gasteiger charge is -2.20. The SMILES string of the molecule is NC1C=CC=CC2=C1CCCC2. The Hall–Kier alpha value is -0.820. The van der Waals surface area contributed by atoms with Crippen LogP contribution in [0.2, 0.25) is 0 Å². The van der Waals surface area contributed by atoms with Crippen molar-refractivity contribution in [2.24, 2.45) is 5.73 Å². The molecular weight excluding hydrogens is 146 g/mol. The maximum atomic E-state index is 6.00. The van der Waals surface area contributed by atoms with Crippen LogP contribution in [0.25, 0.3) is 0 Å². The summed E-state index contributed by atoms with van der Waals surface area (Å²) in [6.07, 6.45) is 13.5. The molecule has 0 heterocycles. The highest BCUT2D eigenvalue weighted by atomic mass is 14.6. The van der Waals surface area contributed by atoms with Gasteiger partial charge in [0, 0.05) is 6.04 Å². The molecule has 2 aliphatic rings. The summed E-state index contributed by atoms with van der Waals surface area (Å²) in [6, 6.07) is 0.176. The van der Waals surface area contributed by atoms with E-state index in [9.17, 15) is 0 Å². The van der Waals surface area contributed by atoms with E-state index in [-0.39, 0.29) is 6.04 Å². The molecule has 64 valence electrons. The predicted molar refractivity (Wildman–Crippen MR) is 51.7 cm³/mol. The van der Waals surface area contributed by atoms with Crippen LogP contribution in [0.3, 0.4) is 0 Å². The Morgan fingerprint density at radius 2 is 2.00 bits per heavy atom. The van der Waals surface area contributed by atoms with Gasteiger partial charge in [0.15, 0.2) is 0 Å². The topological polar surface area (TPSA) is 26.0 Å². The lowest BCUT2D eigenvalue weighted by Crippen LogP contribution is -2.22. The molecule has 0 amide bonds. The van der Waals surface area contributed by atoms with Crippen LogP contribution in [0.5, 0.6) is 0 Å². The quantitative estimate of drug-likeness (QED) is 0.579. The predicted octanol–water partition coefficient (Wildman–Crippen LogP) is 2.31. The first-order valence-electron chi connectivity index (χ1n) is 4.70. The monoisotopic (exact) mass is 161 g/mol. The second-order valence-electron chi connectivity index (χ2n) is 3.53. The maximum Gasteiger partial charge on any atom is 0.0449 e. The Labute approximate surface area is 73.6 Å². The molecule has 0 saturated heterocycles. The zero-order valence-electron chi connectivity index (χ0n) is 7.29. The van der Waals surface area contributed by atoms with E-state index in [4.69, 9.17) is 5.73 Å². The van der Waals surface area contributed by atoms with Gasteiger partial charge in [0.2, 0.25) is 0 Å². The van der Waals surface area contributed by atoms with Crippen LogP contribution in [0.15, 0.2) is 35.5 Å². The molecule has 1 nitrogen and oxygen atoms in total. The van der Waals surface area contributed by atoms with Crippen LogP contribution in [0.4, 0.5) is 0 Å². The summed E-state index contributed by atoms with van der Waals surface area (Å²) in [7, 11) is 0. The van der Waals surface area contributed by atoms with Crippen LogP contribution in [-0.2, 0) is 0 Å². The second-order valence-corrected chi connectivity index (χ2v) is 3.53. The molecule has 2 N–H and O–H groups in total. The highest BCUT2D eigenvalue weighted by Gasteiger charge is 2.15. The summed E-state index contributed by atoms with van der Waals surface area (Å²) in [5.41, 5.74) is 8.95. The van der Waals surface area contributed by atoms with Gasteiger partial charge >= 0.3 is 0 Å².